The summed E-state index contributed by atoms with van der Waals surface area (Å²) < 4.78 is 104. The summed E-state index contributed by atoms with van der Waals surface area (Å²) in [6.45, 7) is -0.451. The third kappa shape index (κ3) is 9.57. The molecule has 0 bridgehead atoms. The minimum absolute atomic E-state index is 0.00194. The summed E-state index contributed by atoms with van der Waals surface area (Å²) >= 11 is 36.6. The smallest absolute Gasteiger partial charge is 0.341 e. The van der Waals surface area contributed by atoms with Gasteiger partial charge in [-0.15, -0.1) is 0 Å². The first kappa shape index (κ1) is 36.6. The molecule has 1 aliphatic heterocycles. The summed E-state index contributed by atoms with van der Waals surface area (Å²) in [6, 6.07) is 5.26. The second-order valence-corrected chi connectivity index (χ2v) is 16.2. The Bertz CT molecular complexity index is 1440. The molecular weight excluding hydrogens is 737 g/mol. The number of rotatable bonds is 7. The highest BCUT2D eigenvalue weighted by Crippen LogP contribution is 2.50. The van der Waals surface area contributed by atoms with E-state index in [4.69, 9.17) is 73.8 Å². The molecule has 1 fully saturated rings. The molecule has 0 radical (unpaired) electrons. The van der Waals surface area contributed by atoms with Crippen LogP contribution in [-0.2, 0) is 50.9 Å². The van der Waals surface area contributed by atoms with Crippen LogP contribution >= 0.6 is 69.6 Å². The number of alkyl halides is 12. The monoisotopic (exact) mass is 755 g/mol. The molecule has 0 spiro atoms. The SMILES string of the molecule is CS(=O)(=O)OCCC1(c2ccc(C(Cl)(Cl)Cl)c(C(Cl)(Cl)Cl)c2)CCN(C(=O)Cc2cc(C(F)(F)F)cc(C(F)(F)F)c2)C1. The zero-order valence-corrected chi connectivity index (χ0v) is 27.1. The number of amides is 1. The highest BCUT2D eigenvalue weighted by Gasteiger charge is 2.44. The summed E-state index contributed by atoms with van der Waals surface area (Å²) in [5, 5.41) is 0. The van der Waals surface area contributed by atoms with Crippen molar-refractivity contribution >= 4 is 85.6 Å². The Kier molecular flexibility index (Phi) is 10.8. The van der Waals surface area contributed by atoms with Crippen LogP contribution in [0.15, 0.2) is 36.4 Å². The molecule has 0 N–H and O–H groups in total. The van der Waals surface area contributed by atoms with Gasteiger partial charge in [0.05, 0.1) is 30.4 Å². The molecule has 0 aliphatic carbocycles. The number of halogens is 12. The van der Waals surface area contributed by atoms with Crippen molar-refractivity contribution in [2.24, 2.45) is 0 Å². The summed E-state index contributed by atoms with van der Waals surface area (Å²) in [5.74, 6) is -0.766. The average Bonchev–Trinajstić information content (AvgIpc) is 3.26. The van der Waals surface area contributed by atoms with Gasteiger partial charge < -0.3 is 4.90 Å². The van der Waals surface area contributed by atoms with Crippen molar-refractivity contribution < 1.29 is 43.7 Å². The molecule has 18 heteroatoms. The molecule has 2 aromatic rings. The highest BCUT2D eigenvalue weighted by atomic mass is 35.6. The van der Waals surface area contributed by atoms with Crippen LogP contribution in [0, 0.1) is 0 Å². The summed E-state index contributed by atoms with van der Waals surface area (Å²) in [5.41, 5.74) is -4.21. The van der Waals surface area contributed by atoms with Crippen molar-refractivity contribution in [3.63, 3.8) is 0 Å². The van der Waals surface area contributed by atoms with E-state index in [1.807, 2.05) is 0 Å². The number of likely N-dealkylation sites (tertiary alicyclic amines) is 1. The number of benzene rings is 2. The van der Waals surface area contributed by atoms with Gasteiger partial charge in [-0.25, -0.2) is 0 Å². The maximum absolute atomic E-state index is 13.3. The largest absolute Gasteiger partial charge is 0.416 e. The van der Waals surface area contributed by atoms with Crippen LogP contribution in [0.3, 0.4) is 0 Å². The predicted octanol–water partition coefficient (Wildman–Crippen LogP) is 8.46. The molecule has 1 amide bonds. The van der Waals surface area contributed by atoms with E-state index in [1.165, 1.54) is 23.1 Å². The Morgan fingerprint density at radius 3 is 1.88 bits per heavy atom. The number of carbonyl (C=O) groups excluding carboxylic acids is 1. The minimum atomic E-state index is -5.08. The van der Waals surface area contributed by atoms with Crippen LogP contribution in [0.4, 0.5) is 26.3 Å². The Hall–Kier alpha value is -0.860. The third-order valence-electron chi connectivity index (χ3n) is 6.83. The van der Waals surface area contributed by atoms with Crippen molar-refractivity contribution in [1.82, 2.24) is 4.90 Å². The van der Waals surface area contributed by atoms with Gasteiger partial charge in [0.25, 0.3) is 10.1 Å². The van der Waals surface area contributed by atoms with Crippen molar-refractivity contribution in [2.45, 2.75) is 44.6 Å². The van der Waals surface area contributed by atoms with Crippen molar-refractivity contribution in [1.29, 1.82) is 0 Å². The molecular formula is C25H21Cl6F6NO4S. The number of hydrogen-bond donors (Lipinski definition) is 0. The quantitative estimate of drug-likeness (QED) is 0.162. The summed E-state index contributed by atoms with van der Waals surface area (Å²) in [6.07, 6.45) is -9.92. The van der Waals surface area contributed by atoms with Gasteiger partial charge in [-0.1, -0.05) is 87.8 Å². The Morgan fingerprint density at radius 1 is 0.884 bits per heavy atom. The van der Waals surface area contributed by atoms with Crippen LogP contribution < -0.4 is 0 Å². The molecule has 240 valence electrons. The lowest BCUT2D eigenvalue weighted by atomic mass is 9.76. The first-order valence-corrected chi connectivity index (χ1v) is 16.1. The number of hydrogen-bond acceptors (Lipinski definition) is 4. The lowest BCUT2D eigenvalue weighted by Gasteiger charge is -2.32. The van der Waals surface area contributed by atoms with Gasteiger partial charge in [0.1, 0.15) is 0 Å². The van der Waals surface area contributed by atoms with Crippen LogP contribution in [-0.4, -0.2) is 45.2 Å². The molecule has 1 atom stereocenters. The first-order valence-electron chi connectivity index (χ1n) is 12.0. The fourth-order valence-electron chi connectivity index (χ4n) is 4.82. The molecule has 5 nitrogen and oxygen atoms in total. The molecule has 43 heavy (non-hydrogen) atoms. The maximum Gasteiger partial charge on any atom is 0.416 e. The third-order valence-corrected chi connectivity index (χ3v) is 8.65. The van der Waals surface area contributed by atoms with Gasteiger partial charge in [-0.2, -0.15) is 34.8 Å². The van der Waals surface area contributed by atoms with Gasteiger partial charge in [-0.3, -0.25) is 8.98 Å². The maximum atomic E-state index is 13.3. The van der Waals surface area contributed by atoms with Crippen LogP contribution in [0.2, 0.25) is 0 Å². The Labute approximate surface area is 273 Å². The molecule has 0 aromatic heterocycles. The summed E-state index contributed by atoms with van der Waals surface area (Å²) in [4.78, 5) is 14.5. The molecule has 1 aliphatic rings. The van der Waals surface area contributed by atoms with Gasteiger partial charge in [0, 0.05) is 29.6 Å². The minimum Gasteiger partial charge on any atom is -0.341 e. The van der Waals surface area contributed by atoms with Gasteiger partial charge >= 0.3 is 12.4 Å². The molecule has 0 saturated carbocycles. The van der Waals surface area contributed by atoms with E-state index in [-0.39, 0.29) is 49.7 Å². The van der Waals surface area contributed by atoms with Gasteiger partial charge in [0.2, 0.25) is 13.5 Å². The zero-order valence-electron chi connectivity index (χ0n) is 21.7. The highest BCUT2D eigenvalue weighted by molar-refractivity contribution is 7.85. The van der Waals surface area contributed by atoms with E-state index in [0.29, 0.717) is 17.7 Å². The fourth-order valence-corrected chi connectivity index (χ4v) is 6.17. The standard InChI is InChI=1S/C25H21Cl6F6NO4S/c1-43(40,41)42-7-5-21(15-2-3-18(22(26,27)28)19(12-15)23(29,30)31)4-6-38(13-21)20(39)10-14-8-16(24(32,33)34)11-17(9-14)25(35,36)37/h2-3,8-9,11-12H,4-7,10,13H2,1H3. The molecule has 2 aromatic carbocycles. The first-order chi connectivity index (χ1) is 19.3. The molecule has 1 unspecified atom stereocenters. The number of nitrogens with zero attached hydrogens (tertiary/aromatic N) is 1. The van der Waals surface area contributed by atoms with E-state index in [1.54, 1.807) is 0 Å². The molecule has 1 heterocycles. The molecule has 1 saturated heterocycles. The second kappa shape index (κ2) is 12.7. The van der Waals surface area contributed by atoms with Crippen LogP contribution in [0.25, 0.3) is 0 Å². The van der Waals surface area contributed by atoms with Gasteiger partial charge in [-0.05, 0) is 42.2 Å². The predicted molar refractivity (Wildman–Crippen MR) is 153 cm³/mol. The van der Waals surface area contributed by atoms with Crippen molar-refractivity contribution in [3.05, 3.63) is 69.8 Å². The molecule has 3 rings (SSSR count). The lowest BCUT2D eigenvalue weighted by Crippen LogP contribution is -2.36. The Morgan fingerprint density at radius 2 is 1.42 bits per heavy atom. The zero-order chi connectivity index (χ0) is 32.8. The topological polar surface area (TPSA) is 63.7 Å². The van der Waals surface area contributed by atoms with Crippen molar-refractivity contribution in [2.75, 3.05) is 26.0 Å². The van der Waals surface area contributed by atoms with Crippen LogP contribution in [0.1, 0.15) is 46.2 Å². The lowest BCUT2D eigenvalue weighted by molar-refractivity contribution is -0.143. The van der Waals surface area contributed by atoms with E-state index >= 15 is 0 Å². The fraction of sp³-hybridized carbons (Fsp3) is 0.480. The van der Waals surface area contributed by atoms with E-state index < -0.39 is 64.5 Å². The van der Waals surface area contributed by atoms with E-state index in [9.17, 15) is 39.6 Å². The van der Waals surface area contributed by atoms with E-state index in [2.05, 4.69) is 0 Å². The Balaban J connectivity index is 2.00. The van der Waals surface area contributed by atoms with Crippen molar-refractivity contribution in [3.8, 4) is 0 Å². The van der Waals surface area contributed by atoms with Gasteiger partial charge in [0.15, 0.2) is 0 Å². The summed E-state index contributed by atoms with van der Waals surface area (Å²) in [7, 11) is -3.87. The van der Waals surface area contributed by atoms with E-state index in [0.717, 1.165) is 6.26 Å². The average molecular weight is 758 g/mol. The normalized spacial score (nSPS) is 18.8. The van der Waals surface area contributed by atoms with Crippen LogP contribution in [0.5, 0.6) is 0 Å². The number of carbonyl (C=O) groups is 1. The second-order valence-electron chi connectivity index (χ2n) is 9.97.